The number of rotatable bonds is 8. The quantitative estimate of drug-likeness (QED) is 0.604. The molecule has 3 N–H and O–H groups in total. The van der Waals surface area contributed by atoms with Gasteiger partial charge in [0.1, 0.15) is 5.75 Å². The van der Waals surface area contributed by atoms with E-state index in [0.29, 0.717) is 21.4 Å². The second-order valence-electron chi connectivity index (χ2n) is 5.97. The molecular weight excluding hydrogens is 391 g/mol. The molecule has 144 valence electrons. The summed E-state index contributed by atoms with van der Waals surface area (Å²) in [7, 11) is 1.53. The lowest BCUT2D eigenvalue weighted by atomic mass is 10.00. The smallest absolute Gasteiger partial charge is 0.305 e. The third kappa shape index (κ3) is 5.97. The minimum Gasteiger partial charge on any atom is -0.495 e. The molecule has 2 rings (SSSR count). The number of ether oxygens (including phenoxy) is 1. The average Bonchev–Trinajstić information content (AvgIpc) is 2.58. The number of carboxylic acids is 1. The molecule has 2 aromatic rings. The zero-order valence-electron chi connectivity index (χ0n) is 14.6. The maximum atomic E-state index is 10.6. The topological polar surface area (TPSA) is 87.0 Å². The second-order valence-corrected chi connectivity index (χ2v) is 6.81. The highest BCUT2D eigenvalue weighted by Gasteiger charge is 2.15. The molecule has 0 heterocycles. The van der Waals surface area contributed by atoms with Crippen molar-refractivity contribution < 1.29 is 24.9 Å². The summed E-state index contributed by atoms with van der Waals surface area (Å²) in [5.41, 5.74) is 2.22. The molecule has 0 radical (unpaired) electrons. The third-order valence-corrected chi connectivity index (χ3v) is 4.44. The van der Waals surface area contributed by atoms with E-state index in [0.717, 1.165) is 11.1 Å². The second kappa shape index (κ2) is 9.76. The van der Waals surface area contributed by atoms with Gasteiger partial charge in [-0.25, -0.2) is 0 Å². The van der Waals surface area contributed by atoms with Crippen LogP contribution in [0.15, 0.2) is 42.5 Å². The van der Waals surface area contributed by atoms with Crippen LogP contribution < -0.4 is 4.74 Å². The van der Waals surface area contributed by atoms with Crippen LogP contribution >= 0.6 is 23.2 Å². The van der Waals surface area contributed by atoms with Gasteiger partial charge in [0.25, 0.3) is 0 Å². The first-order valence-electron chi connectivity index (χ1n) is 8.20. The van der Waals surface area contributed by atoms with Gasteiger partial charge in [0, 0.05) is 28.1 Å². The standard InChI is InChI=1S/C20H20Cl2O5/c1-27-20-12(5-7-14(23)10-15(24)11-19(25)26)3-2-4-17(20)16-8-6-13(21)9-18(16)22/h2-9,14-15,23-24H,10-11H2,1H3,(H,25,26). The molecule has 0 saturated heterocycles. The maximum Gasteiger partial charge on any atom is 0.305 e. The Morgan fingerprint density at radius 2 is 1.93 bits per heavy atom. The van der Waals surface area contributed by atoms with E-state index in [1.54, 1.807) is 24.3 Å². The number of carboxylic acid groups (broad SMARTS) is 1. The summed E-state index contributed by atoms with van der Waals surface area (Å²) >= 11 is 12.3. The van der Waals surface area contributed by atoms with E-state index >= 15 is 0 Å². The van der Waals surface area contributed by atoms with Gasteiger partial charge >= 0.3 is 5.97 Å². The molecule has 2 unspecified atom stereocenters. The molecule has 5 nitrogen and oxygen atoms in total. The fourth-order valence-electron chi connectivity index (χ4n) is 2.69. The van der Waals surface area contributed by atoms with Crippen LogP contribution in [0.2, 0.25) is 10.0 Å². The Balaban J connectivity index is 2.26. The summed E-state index contributed by atoms with van der Waals surface area (Å²) < 4.78 is 5.53. The lowest BCUT2D eigenvalue weighted by molar-refractivity contribution is -0.139. The van der Waals surface area contributed by atoms with Gasteiger partial charge in [0.15, 0.2) is 0 Å². The number of para-hydroxylation sites is 1. The molecule has 27 heavy (non-hydrogen) atoms. The number of benzene rings is 2. The number of carbonyl (C=O) groups is 1. The van der Waals surface area contributed by atoms with Crippen LogP contribution in [0.5, 0.6) is 5.75 Å². The lowest BCUT2D eigenvalue weighted by Crippen LogP contribution is -2.19. The highest BCUT2D eigenvalue weighted by molar-refractivity contribution is 6.36. The molecule has 0 aliphatic carbocycles. The summed E-state index contributed by atoms with van der Waals surface area (Å²) in [4.78, 5) is 10.6. The Morgan fingerprint density at radius 1 is 1.19 bits per heavy atom. The van der Waals surface area contributed by atoms with Crippen molar-refractivity contribution in [3.8, 4) is 16.9 Å². The summed E-state index contributed by atoms with van der Waals surface area (Å²) in [6.07, 6.45) is 0.530. The van der Waals surface area contributed by atoms with Gasteiger partial charge in [-0.1, -0.05) is 59.6 Å². The Labute approximate surface area is 167 Å². The molecular formula is C20H20Cl2O5. The van der Waals surface area contributed by atoms with Crippen LogP contribution in [0.1, 0.15) is 18.4 Å². The molecule has 0 saturated carbocycles. The van der Waals surface area contributed by atoms with Gasteiger partial charge in [-0.3, -0.25) is 4.79 Å². The molecule has 0 amide bonds. The summed E-state index contributed by atoms with van der Waals surface area (Å²) in [6.45, 7) is 0. The average molecular weight is 411 g/mol. The number of aliphatic hydroxyl groups is 2. The van der Waals surface area contributed by atoms with Crippen LogP contribution in [0.4, 0.5) is 0 Å². The number of hydrogen-bond donors (Lipinski definition) is 3. The Hall–Kier alpha value is -2.05. The van der Waals surface area contributed by atoms with Crippen molar-refractivity contribution in [3.05, 3.63) is 58.1 Å². The van der Waals surface area contributed by atoms with Gasteiger partial charge in [-0.2, -0.15) is 0 Å². The molecule has 0 bridgehead atoms. The monoisotopic (exact) mass is 410 g/mol. The summed E-state index contributed by atoms with van der Waals surface area (Å²) in [6, 6.07) is 10.7. The Kier molecular flexibility index (Phi) is 7.68. The van der Waals surface area contributed by atoms with E-state index < -0.39 is 24.6 Å². The normalized spacial score (nSPS) is 13.5. The van der Waals surface area contributed by atoms with Crippen LogP contribution in [0.3, 0.4) is 0 Å². The van der Waals surface area contributed by atoms with Crippen LogP contribution in [0, 0.1) is 0 Å². The van der Waals surface area contributed by atoms with Crippen molar-refractivity contribution >= 4 is 35.2 Å². The summed E-state index contributed by atoms with van der Waals surface area (Å²) in [5, 5.41) is 29.3. The van der Waals surface area contributed by atoms with Crippen molar-refractivity contribution in [1.82, 2.24) is 0 Å². The van der Waals surface area contributed by atoms with E-state index in [1.807, 2.05) is 18.2 Å². The molecule has 2 atom stereocenters. The first kappa shape index (κ1) is 21.3. The molecule has 2 aromatic carbocycles. The number of hydrogen-bond acceptors (Lipinski definition) is 4. The van der Waals surface area contributed by atoms with E-state index in [4.69, 9.17) is 33.0 Å². The largest absolute Gasteiger partial charge is 0.495 e. The van der Waals surface area contributed by atoms with Crippen LogP contribution in [0.25, 0.3) is 17.2 Å². The minimum atomic E-state index is -1.12. The van der Waals surface area contributed by atoms with E-state index in [9.17, 15) is 15.0 Å². The van der Waals surface area contributed by atoms with E-state index in [1.165, 1.54) is 13.2 Å². The number of aliphatic carboxylic acids is 1. The van der Waals surface area contributed by atoms with E-state index in [-0.39, 0.29) is 6.42 Å². The Morgan fingerprint density at radius 3 is 2.56 bits per heavy atom. The maximum absolute atomic E-state index is 10.6. The predicted octanol–water partition coefficient (Wildman–Crippen LogP) is 4.27. The zero-order valence-corrected chi connectivity index (χ0v) is 16.1. The molecule has 0 aliphatic rings. The fourth-order valence-corrected chi connectivity index (χ4v) is 3.20. The fraction of sp³-hybridized carbons (Fsp3) is 0.250. The third-order valence-electron chi connectivity index (χ3n) is 3.89. The van der Waals surface area contributed by atoms with Gasteiger partial charge in [0.05, 0.1) is 30.8 Å². The van der Waals surface area contributed by atoms with Crippen molar-refractivity contribution in [2.24, 2.45) is 0 Å². The van der Waals surface area contributed by atoms with Crippen LogP contribution in [-0.2, 0) is 4.79 Å². The van der Waals surface area contributed by atoms with E-state index in [2.05, 4.69) is 0 Å². The molecule has 0 aliphatic heterocycles. The molecule has 7 heteroatoms. The van der Waals surface area contributed by atoms with Crippen molar-refractivity contribution in [2.45, 2.75) is 25.0 Å². The number of methoxy groups -OCH3 is 1. The highest BCUT2D eigenvalue weighted by atomic mass is 35.5. The SMILES string of the molecule is COc1c(C=CC(O)CC(O)CC(=O)O)cccc1-c1ccc(Cl)cc1Cl. The lowest BCUT2D eigenvalue weighted by Gasteiger charge is -2.14. The van der Waals surface area contributed by atoms with Gasteiger partial charge in [0.2, 0.25) is 0 Å². The highest BCUT2D eigenvalue weighted by Crippen LogP contribution is 2.38. The molecule has 0 spiro atoms. The van der Waals surface area contributed by atoms with Crippen molar-refractivity contribution in [3.63, 3.8) is 0 Å². The number of aliphatic hydroxyl groups excluding tert-OH is 2. The molecule has 0 aromatic heterocycles. The Bertz CT molecular complexity index is 835. The summed E-state index contributed by atoms with van der Waals surface area (Å²) in [5.74, 6) is -0.552. The zero-order chi connectivity index (χ0) is 20.0. The van der Waals surface area contributed by atoms with Crippen molar-refractivity contribution in [2.75, 3.05) is 7.11 Å². The first-order valence-corrected chi connectivity index (χ1v) is 8.96. The predicted molar refractivity (Wildman–Crippen MR) is 106 cm³/mol. The van der Waals surface area contributed by atoms with Crippen molar-refractivity contribution in [1.29, 1.82) is 0 Å². The van der Waals surface area contributed by atoms with Crippen LogP contribution in [-0.4, -0.2) is 40.6 Å². The van der Waals surface area contributed by atoms with Gasteiger partial charge < -0.3 is 20.1 Å². The number of halogens is 2. The minimum absolute atomic E-state index is 0.0756. The molecule has 0 fully saturated rings. The van der Waals surface area contributed by atoms with Gasteiger partial charge in [-0.15, -0.1) is 0 Å². The first-order chi connectivity index (χ1) is 12.8. The van der Waals surface area contributed by atoms with Gasteiger partial charge in [-0.05, 0) is 12.1 Å².